The van der Waals surface area contributed by atoms with Crippen LogP contribution in [0.4, 0.5) is 4.79 Å². The van der Waals surface area contributed by atoms with E-state index in [-0.39, 0.29) is 34.6 Å². The summed E-state index contributed by atoms with van der Waals surface area (Å²) in [7, 11) is -4.04. The molecule has 2 aromatic carbocycles. The van der Waals surface area contributed by atoms with Crippen LogP contribution in [0.15, 0.2) is 53.6 Å². The average molecular weight is 500 g/mol. The molecular formula is C25H29N3O6S. The molecule has 3 rings (SSSR count). The normalized spacial score (nSPS) is 13.9. The number of aromatic nitrogens is 1. The van der Waals surface area contributed by atoms with Crippen LogP contribution in [0.1, 0.15) is 43.6 Å². The monoisotopic (exact) mass is 499 g/mol. The molecule has 1 aromatic heterocycles. The lowest BCUT2D eigenvalue weighted by molar-refractivity contribution is 0.0171. The molecular weight excluding hydrogens is 470 g/mol. The summed E-state index contributed by atoms with van der Waals surface area (Å²) in [5, 5.41) is 40.9. The van der Waals surface area contributed by atoms with Crippen molar-refractivity contribution in [3.63, 3.8) is 0 Å². The molecule has 1 heterocycles. The zero-order valence-corrected chi connectivity index (χ0v) is 20.8. The third-order valence-corrected chi connectivity index (χ3v) is 7.65. The molecule has 0 bridgehead atoms. The van der Waals surface area contributed by atoms with Gasteiger partial charge in [-0.15, -0.1) is 0 Å². The molecule has 0 aliphatic carbocycles. The van der Waals surface area contributed by atoms with Gasteiger partial charge in [-0.1, -0.05) is 44.5 Å². The maximum Gasteiger partial charge on any atom is 0.407 e. The van der Waals surface area contributed by atoms with E-state index in [0.717, 1.165) is 14.4 Å². The van der Waals surface area contributed by atoms with Crippen LogP contribution in [0, 0.1) is 23.7 Å². The highest BCUT2D eigenvalue weighted by Crippen LogP contribution is 2.31. The minimum atomic E-state index is -4.04. The second-order valence-electron chi connectivity index (χ2n) is 9.59. The molecule has 2 atom stereocenters. The van der Waals surface area contributed by atoms with E-state index in [4.69, 9.17) is 0 Å². The highest BCUT2D eigenvalue weighted by molar-refractivity contribution is 7.90. The van der Waals surface area contributed by atoms with Crippen LogP contribution < -0.4 is 0 Å². The van der Waals surface area contributed by atoms with E-state index in [1.54, 1.807) is 32.9 Å². The molecule has 3 N–H and O–H groups in total. The zero-order valence-electron chi connectivity index (χ0n) is 20.0. The molecule has 9 nitrogen and oxygen atoms in total. The number of amides is 1. The smallest absolute Gasteiger partial charge is 0.407 e. The number of benzene rings is 2. The lowest BCUT2D eigenvalue weighted by atomic mass is 9.89. The van der Waals surface area contributed by atoms with Crippen LogP contribution in [0.2, 0.25) is 0 Å². The first-order valence-corrected chi connectivity index (χ1v) is 12.4. The Morgan fingerprint density at radius 2 is 1.71 bits per heavy atom. The summed E-state index contributed by atoms with van der Waals surface area (Å²) in [5.74, 6) is 0. The Morgan fingerprint density at radius 1 is 1.09 bits per heavy atom. The molecule has 0 fully saturated rings. The van der Waals surface area contributed by atoms with Gasteiger partial charge in [-0.05, 0) is 42.2 Å². The number of hydrogen-bond acceptors (Lipinski definition) is 6. The molecule has 2 unspecified atom stereocenters. The molecule has 0 aliphatic heterocycles. The molecule has 0 saturated heterocycles. The van der Waals surface area contributed by atoms with Crippen molar-refractivity contribution in [1.82, 2.24) is 8.87 Å². The van der Waals surface area contributed by atoms with E-state index < -0.39 is 33.7 Å². The van der Waals surface area contributed by atoms with Crippen LogP contribution in [-0.2, 0) is 10.0 Å². The Kier molecular flexibility index (Phi) is 7.26. The number of hydrogen-bond donors (Lipinski definition) is 3. The Bertz CT molecular complexity index is 1380. The van der Waals surface area contributed by atoms with Gasteiger partial charge in [-0.3, -0.25) is 0 Å². The average Bonchev–Trinajstić information content (AvgIpc) is 3.23. The minimum Gasteiger partial charge on any atom is -0.465 e. The Labute approximate surface area is 204 Å². The van der Waals surface area contributed by atoms with E-state index in [9.17, 15) is 33.8 Å². The van der Waals surface area contributed by atoms with Crippen LogP contribution in [-0.4, -0.2) is 57.9 Å². The maximum atomic E-state index is 13.3. The maximum absolute atomic E-state index is 13.3. The van der Waals surface area contributed by atoms with Crippen LogP contribution in [0.3, 0.4) is 0 Å². The standard InChI is InChI=1S/C25H29N3O6S/c1-16-5-8-18(9-6-16)35(33,34)28-12-11-20-19(10-7-17(13-26)23(20)28)21(29)14-27(24(31)32)15-22(30)25(2,3)4/h5-12,21-22,29-30H,14-15H2,1-4H3,(H,31,32). The van der Waals surface area contributed by atoms with E-state index in [2.05, 4.69) is 0 Å². The van der Waals surface area contributed by atoms with Gasteiger partial charge in [0.1, 0.15) is 6.07 Å². The van der Waals surface area contributed by atoms with Gasteiger partial charge in [0.25, 0.3) is 10.0 Å². The summed E-state index contributed by atoms with van der Waals surface area (Å²) in [6.07, 6.45) is -2.29. The highest BCUT2D eigenvalue weighted by Gasteiger charge is 2.29. The predicted molar refractivity (Wildman–Crippen MR) is 130 cm³/mol. The number of carbonyl (C=O) groups is 1. The zero-order chi connectivity index (χ0) is 26.1. The Hall–Kier alpha value is -3.39. The van der Waals surface area contributed by atoms with Gasteiger partial charge in [0.15, 0.2) is 0 Å². The number of aryl methyl sites for hydroxylation is 1. The third kappa shape index (κ3) is 5.32. The number of fused-ring (bicyclic) bond motifs is 1. The summed E-state index contributed by atoms with van der Waals surface area (Å²) in [5.41, 5.74) is 0.788. The van der Waals surface area contributed by atoms with Crippen molar-refractivity contribution in [2.24, 2.45) is 5.41 Å². The van der Waals surface area contributed by atoms with Crippen molar-refractivity contribution in [3.8, 4) is 6.07 Å². The number of nitriles is 1. The van der Waals surface area contributed by atoms with Crippen molar-refractivity contribution >= 4 is 27.0 Å². The van der Waals surface area contributed by atoms with Crippen molar-refractivity contribution in [1.29, 1.82) is 5.26 Å². The Morgan fingerprint density at radius 3 is 2.26 bits per heavy atom. The van der Waals surface area contributed by atoms with Crippen molar-refractivity contribution < 1.29 is 28.5 Å². The third-order valence-electron chi connectivity index (χ3n) is 5.96. The van der Waals surface area contributed by atoms with E-state index in [0.29, 0.717) is 5.39 Å². The van der Waals surface area contributed by atoms with Crippen LogP contribution in [0.25, 0.3) is 10.9 Å². The summed E-state index contributed by atoms with van der Waals surface area (Å²) in [4.78, 5) is 12.8. The van der Waals surface area contributed by atoms with Gasteiger partial charge in [-0.25, -0.2) is 17.2 Å². The van der Waals surface area contributed by atoms with Gasteiger partial charge >= 0.3 is 6.09 Å². The van der Waals surface area contributed by atoms with Gasteiger partial charge in [0.2, 0.25) is 0 Å². The predicted octanol–water partition coefficient (Wildman–Crippen LogP) is 3.48. The first-order chi connectivity index (χ1) is 16.3. The van der Waals surface area contributed by atoms with Gasteiger partial charge in [-0.2, -0.15) is 5.26 Å². The molecule has 186 valence electrons. The second-order valence-corrected chi connectivity index (χ2v) is 11.4. The summed E-state index contributed by atoms with van der Waals surface area (Å²) >= 11 is 0. The Balaban J connectivity index is 2.05. The number of carboxylic acid groups (broad SMARTS) is 1. The van der Waals surface area contributed by atoms with Gasteiger partial charge < -0.3 is 20.2 Å². The second kappa shape index (κ2) is 9.70. The van der Waals surface area contributed by atoms with Crippen LogP contribution >= 0.6 is 0 Å². The molecule has 35 heavy (non-hydrogen) atoms. The number of nitrogens with zero attached hydrogens (tertiary/aromatic N) is 3. The van der Waals surface area contributed by atoms with E-state index >= 15 is 0 Å². The SMILES string of the molecule is Cc1ccc(S(=O)(=O)n2ccc3c(C(O)CN(CC(O)C(C)(C)C)C(=O)O)ccc(C#N)c32)cc1. The lowest BCUT2D eigenvalue weighted by Crippen LogP contribution is -2.43. The molecule has 0 aliphatic rings. The topological polar surface area (TPSA) is 144 Å². The molecule has 3 aromatic rings. The summed E-state index contributed by atoms with van der Waals surface area (Å²) < 4.78 is 27.7. The highest BCUT2D eigenvalue weighted by atomic mass is 32.2. The quantitative estimate of drug-likeness (QED) is 0.451. The van der Waals surface area contributed by atoms with Gasteiger partial charge in [0.05, 0.1) is 41.3 Å². The molecule has 1 amide bonds. The molecule has 10 heteroatoms. The van der Waals surface area contributed by atoms with Crippen molar-refractivity contribution in [2.75, 3.05) is 13.1 Å². The fourth-order valence-electron chi connectivity index (χ4n) is 3.68. The van der Waals surface area contributed by atoms with E-state index in [1.165, 1.54) is 36.5 Å². The van der Waals surface area contributed by atoms with Gasteiger partial charge in [0, 0.05) is 11.6 Å². The fraction of sp³-hybridized carbons (Fsp3) is 0.360. The first kappa shape index (κ1) is 26.2. The van der Waals surface area contributed by atoms with Crippen LogP contribution in [0.5, 0.6) is 0 Å². The van der Waals surface area contributed by atoms with Crippen molar-refractivity contribution in [3.05, 3.63) is 65.4 Å². The molecule has 0 saturated carbocycles. The number of aliphatic hydroxyl groups is 2. The molecule has 0 radical (unpaired) electrons. The molecule has 0 spiro atoms. The lowest BCUT2D eigenvalue weighted by Gasteiger charge is -2.31. The number of rotatable bonds is 7. The van der Waals surface area contributed by atoms with Crippen molar-refractivity contribution in [2.45, 2.75) is 44.8 Å². The first-order valence-electron chi connectivity index (χ1n) is 11.0. The number of aliphatic hydroxyl groups excluding tert-OH is 2. The fourth-order valence-corrected chi connectivity index (χ4v) is 5.04. The summed E-state index contributed by atoms with van der Waals surface area (Å²) in [6, 6.07) is 12.7. The largest absolute Gasteiger partial charge is 0.465 e. The summed E-state index contributed by atoms with van der Waals surface area (Å²) in [6.45, 7) is 6.60. The minimum absolute atomic E-state index is 0.0451. The van der Waals surface area contributed by atoms with E-state index in [1.807, 2.05) is 13.0 Å².